The lowest BCUT2D eigenvalue weighted by Gasteiger charge is -2.18. The molecule has 0 aliphatic heterocycles. The Hall–Kier alpha value is -3.19. The van der Waals surface area contributed by atoms with Crippen LogP contribution in [0.4, 0.5) is 10.1 Å². The first kappa shape index (κ1) is 21.5. The predicted octanol–water partition coefficient (Wildman–Crippen LogP) is 4.52. The van der Waals surface area contributed by atoms with Crippen LogP contribution in [0, 0.1) is 19.7 Å². The number of sulfonamides is 1. The van der Waals surface area contributed by atoms with Crippen LogP contribution < -0.4 is 4.72 Å². The molecular weight excluding hydrogens is 403 g/mol. The Kier molecular flexibility index (Phi) is 6.22. The van der Waals surface area contributed by atoms with E-state index in [1.54, 1.807) is 31.3 Å². The molecule has 5 nitrogen and oxygen atoms in total. The van der Waals surface area contributed by atoms with Crippen molar-refractivity contribution in [3.63, 3.8) is 0 Å². The summed E-state index contributed by atoms with van der Waals surface area (Å²) in [6, 6.07) is 17.1. The maximum Gasteiger partial charge on any atom is 0.261 e. The van der Waals surface area contributed by atoms with Crippen LogP contribution in [0.15, 0.2) is 71.6 Å². The van der Waals surface area contributed by atoms with Crippen molar-refractivity contribution >= 4 is 21.6 Å². The number of hydrogen-bond acceptors (Lipinski definition) is 3. The lowest BCUT2D eigenvalue weighted by atomic mass is 10.1. The van der Waals surface area contributed by atoms with Crippen molar-refractivity contribution in [2.45, 2.75) is 25.3 Å². The van der Waals surface area contributed by atoms with Gasteiger partial charge in [0.2, 0.25) is 0 Å². The smallest absolute Gasteiger partial charge is 0.261 e. The molecule has 0 heterocycles. The van der Waals surface area contributed by atoms with Gasteiger partial charge in [0.1, 0.15) is 5.82 Å². The minimum Gasteiger partial charge on any atom is -0.337 e. The second-order valence-electron chi connectivity index (χ2n) is 7.17. The predicted molar refractivity (Wildman–Crippen MR) is 115 cm³/mol. The van der Waals surface area contributed by atoms with Gasteiger partial charge in [-0.05, 0) is 73.0 Å². The number of amides is 1. The van der Waals surface area contributed by atoms with Crippen LogP contribution in [0.2, 0.25) is 0 Å². The molecule has 3 aromatic carbocycles. The van der Waals surface area contributed by atoms with Crippen LogP contribution in [-0.2, 0) is 16.6 Å². The van der Waals surface area contributed by atoms with Gasteiger partial charge in [0.05, 0.1) is 10.6 Å². The first-order valence-electron chi connectivity index (χ1n) is 9.36. The monoisotopic (exact) mass is 426 g/mol. The first-order valence-corrected chi connectivity index (χ1v) is 10.8. The Morgan fingerprint density at radius 1 is 0.967 bits per heavy atom. The highest BCUT2D eigenvalue weighted by Crippen LogP contribution is 2.22. The summed E-state index contributed by atoms with van der Waals surface area (Å²) in [7, 11) is -2.14. The molecule has 0 saturated carbocycles. The van der Waals surface area contributed by atoms with Crippen molar-refractivity contribution in [3.05, 3.63) is 94.8 Å². The van der Waals surface area contributed by atoms with Crippen molar-refractivity contribution in [2.75, 3.05) is 11.8 Å². The van der Waals surface area contributed by atoms with Crippen molar-refractivity contribution in [1.29, 1.82) is 0 Å². The molecule has 0 aromatic heterocycles. The molecular formula is C23H23FN2O3S. The zero-order valence-corrected chi connectivity index (χ0v) is 17.8. The van der Waals surface area contributed by atoms with Gasteiger partial charge in [0.25, 0.3) is 15.9 Å². The van der Waals surface area contributed by atoms with E-state index >= 15 is 0 Å². The van der Waals surface area contributed by atoms with Gasteiger partial charge in [-0.3, -0.25) is 9.52 Å². The Labute approximate surface area is 176 Å². The van der Waals surface area contributed by atoms with Gasteiger partial charge in [-0.1, -0.05) is 24.3 Å². The van der Waals surface area contributed by atoms with Gasteiger partial charge < -0.3 is 4.90 Å². The minimum atomic E-state index is -3.78. The number of aryl methyl sites for hydroxylation is 1. The van der Waals surface area contributed by atoms with E-state index in [1.807, 2.05) is 19.9 Å². The Morgan fingerprint density at radius 3 is 2.23 bits per heavy atom. The van der Waals surface area contributed by atoms with Crippen LogP contribution in [0.1, 0.15) is 27.0 Å². The van der Waals surface area contributed by atoms with Gasteiger partial charge in [-0.2, -0.15) is 0 Å². The van der Waals surface area contributed by atoms with Crippen LogP contribution in [-0.4, -0.2) is 26.3 Å². The highest BCUT2D eigenvalue weighted by Gasteiger charge is 2.18. The van der Waals surface area contributed by atoms with Gasteiger partial charge in [0.15, 0.2) is 0 Å². The zero-order chi connectivity index (χ0) is 21.9. The average molecular weight is 427 g/mol. The van der Waals surface area contributed by atoms with E-state index in [1.165, 1.54) is 41.3 Å². The molecule has 0 saturated heterocycles. The van der Waals surface area contributed by atoms with Gasteiger partial charge in [-0.25, -0.2) is 12.8 Å². The molecule has 1 amide bonds. The number of carbonyl (C=O) groups is 1. The molecule has 7 heteroatoms. The summed E-state index contributed by atoms with van der Waals surface area (Å²) in [5, 5.41) is 0. The Bertz CT molecular complexity index is 1160. The summed E-state index contributed by atoms with van der Waals surface area (Å²) in [4.78, 5) is 14.2. The van der Waals surface area contributed by atoms with E-state index in [-0.39, 0.29) is 16.6 Å². The van der Waals surface area contributed by atoms with Gasteiger partial charge in [-0.15, -0.1) is 0 Å². The topological polar surface area (TPSA) is 66.5 Å². The molecule has 1 N–H and O–H groups in total. The lowest BCUT2D eigenvalue weighted by molar-refractivity contribution is 0.0785. The molecule has 0 atom stereocenters. The summed E-state index contributed by atoms with van der Waals surface area (Å²) in [6.45, 7) is 4.08. The fourth-order valence-corrected chi connectivity index (χ4v) is 4.12. The highest BCUT2D eigenvalue weighted by molar-refractivity contribution is 7.92. The molecule has 3 aromatic rings. The number of nitrogens with zero attached hydrogens (tertiary/aromatic N) is 1. The molecule has 0 spiro atoms. The maximum absolute atomic E-state index is 13.0. The summed E-state index contributed by atoms with van der Waals surface area (Å²) in [5.41, 5.74) is 3.53. The Morgan fingerprint density at radius 2 is 1.60 bits per heavy atom. The number of carbonyl (C=O) groups excluding carboxylic acids is 1. The zero-order valence-electron chi connectivity index (χ0n) is 17.0. The summed E-state index contributed by atoms with van der Waals surface area (Å²) < 4.78 is 41.0. The number of hydrogen-bond donors (Lipinski definition) is 1. The molecule has 0 aliphatic rings. The molecule has 0 unspecified atom stereocenters. The van der Waals surface area contributed by atoms with E-state index in [0.717, 1.165) is 16.7 Å². The van der Waals surface area contributed by atoms with Crippen LogP contribution in [0.3, 0.4) is 0 Å². The van der Waals surface area contributed by atoms with E-state index in [9.17, 15) is 17.6 Å². The SMILES string of the molecule is Cc1cccc(NS(=O)(=O)c2ccc(C(=O)N(C)Cc3ccc(F)cc3)cc2)c1C. The molecule has 156 valence electrons. The number of nitrogens with one attached hydrogen (secondary N) is 1. The fraction of sp³-hybridized carbons (Fsp3) is 0.174. The molecule has 3 rings (SSSR count). The van der Waals surface area contributed by atoms with Crippen molar-refractivity contribution in [2.24, 2.45) is 0 Å². The number of halogens is 1. The average Bonchev–Trinajstić information content (AvgIpc) is 2.72. The quantitative estimate of drug-likeness (QED) is 0.630. The van der Waals surface area contributed by atoms with E-state index in [0.29, 0.717) is 17.8 Å². The molecule has 0 aliphatic carbocycles. The van der Waals surface area contributed by atoms with E-state index in [4.69, 9.17) is 0 Å². The highest BCUT2D eigenvalue weighted by atomic mass is 32.2. The van der Waals surface area contributed by atoms with Crippen molar-refractivity contribution < 1.29 is 17.6 Å². The Balaban J connectivity index is 1.73. The largest absolute Gasteiger partial charge is 0.337 e. The molecule has 0 bridgehead atoms. The third kappa shape index (κ3) is 4.86. The number of benzene rings is 3. The molecule has 0 fully saturated rings. The van der Waals surface area contributed by atoms with E-state index < -0.39 is 10.0 Å². The number of anilines is 1. The standard InChI is InChI=1S/C23H23FN2O3S/c1-16-5-4-6-22(17(16)2)25-30(28,29)21-13-9-19(10-14-21)23(27)26(3)15-18-7-11-20(24)12-8-18/h4-14,25H,15H2,1-3H3. The minimum absolute atomic E-state index is 0.0705. The van der Waals surface area contributed by atoms with E-state index in [2.05, 4.69) is 4.72 Å². The lowest BCUT2D eigenvalue weighted by Crippen LogP contribution is -2.26. The molecule has 30 heavy (non-hydrogen) atoms. The number of rotatable bonds is 6. The second kappa shape index (κ2) is 8.67. The third-order valence-corrected chi connectivity index (χ3v) is 6.32. The fourth-order valence-electron chi connectivity index (χ4n) is 3.00. The maximum atomic E-state index is 13.0. The van der Waals surface area contributed by atoms with Crippen molar-refractivity contribution in [3.8, 4) is 0 Å². The third-order valence-electron chi connectivity index (χ3n) is 4.94. The van der Waals surface area contributed by atoms with Crippen molar-refractivity contribution in [1.82, 2.24) is 4.90 Å². The molecule has 0 radical (unpaired) electrons. The second-order valence-corrected chi connectivity index (χ2v) is 8.85. The van der Waals surface area contributed by atoms with Gasteiger partial charge in [0, 0.05) is 19.2 Å². The summed E-state index contributed by atoms with van der Waals surface area (Å²) >= 11 is 0. The first-order chi connectivity index (χ1) is 14.2. The summed E-state index contributed by atoms with van der Waals surface area (Å²) in [5.74, 6) is -0.593. The van der Waals surface area contributed by atoms with Crippen LogP contribution in [0.25, 0.3) is 0 Å². The van der Waals surface area contributed by atoms with Crippen LogP contribution in [0.5, 0.6) is 0 Å². The van der Waals surface area contributed by atoms with Crippen LogP contribution >= 0.6 is 0 Å². The normalized spacial score (nSPS) is 11.2. The summed E-state index contributed by atoms with van der Waals surface area (Å²) in [6.07, 6.45) is 0. The van der Waals surface area contributed by atoms with Gasteiger partial charge >= 0.3 is 0 Å².